The fourth-order valence-electron chi connectivity index (χ4n) is 5.81. The second-order valence-electron chi connectivity index (χ2n) is 12.0. The molecule has 12 heteroatoms. The summed E-state index contributed by atoms with van der Waals surface area (Å²) in [6, 6.07) is 3.80. The molecule has 2 aliphatic rings. The molecule has 0 aliphatic carbocycles. The average molecular weight is 594 g/mol. The summed E-state index contributed by atoms with van der Waals surface area (Å²) in [6.45, 7) is 8.10. The Morgan fingerprint density at radius 1 is 1.22 bits per heavy atom. The van der Waals surface area contributed by atoms with E-state index in [0.717, 1.165) is 41.2 Å². The molecule has 1 unspecified atom stereocenters. The fourth-order valence-corrected chi connectivity index (χ4v) is 6.73. The number of halogens is 2. The molecule has 1 aromatic carbocycles. The standard InChI is InChI=1S/C29H33ClFN7O2Si/c1-41(2,3)9-8-40-16-37-14-20(19-12-33-15-35-29(19)37)23-13-34-28(36-23)24-7-4-18-10-17(11-25(39)38(18)24)26-22(32)6-5-21(30)27(26)31/h5-6,11-15,18,24H,4,7-10,16,32H2,1-3H3,(H,34,36)/t18?,24-/m0/s1. The maximum atomic E-state index is 14.9. The first-order chi connectivity index (χ1) is 19.6. The predicted octanol–water partition coefficient (Wildman–Crippen LogP) is 6.03. The number of carbonyl (C=O) groups is 1. The van der Waals surface area contributed by atoms with Gasteiger partial charge in [-0.2, -0.15) is 0 Å². The van der Waals surface area contributed by atoms with Crippen molar-refractivity contribution in [1.82, 2.24) is 29.4 Å². The SMILES string of the molecule is C[Si](C)(C)CCOCn1cc(-c2cnc([C@@H]3CCC4CC(c5c(N)ccc(Cl)c5F)=CC(=O)N43)[nH]2)c2cncnc21. The van der Waals surface area contributed by atoms with Gasteiger partial charge in [-0.15, -0.1) is 0 Å². The number of nitrogens with zero attached hydrogens (tertiary/aromatic N) is 5. The average Bonchev–Trinajstić information content (AvgIpc) is 3.66. The summed E-state index contributed by atoms with van der Waals surface area (Å²) in [4.78, 5) is 32.1. The third-order valence-electron chi connectivity index (χ3n) is 7.92. The Morgan fingerprint density at radius 3 is 2.85 bits per heavy atom. The van der Waals surface area contributed by atoms with Crippen molar-refractivity contribution in [3.05, 3.63) is 65.4 Å². The molecule has 2 atom stereocenters. The maximum Gasteiger partial charge on any atom is 0.247 e. The summed E-state index contributed by atoms with van der Waals surface area (Å²) in [7, 11) is -1.19. The molecule has 214 valence electrons. The van der Waals surface area contributed by atoms with Gasteiger partial charge in [0.2, 0.25) is 5.91 Å². The van der Waals surface area contributed by atoms with E-state index in [9.17, 15) is 9.18 Å². The van der Waals surface area contributed by atoms with Gasteiger partial charge < -0.3 is 24.9 Å². The molecule has 1 fully saturated rings. The first-order valence-corrected chi connectivity index (χ1v) is 17.9. The number of nitrogens with two attached hydrogens (primary N) is 1. The lowest BCUT2D eigenvalue weighted by Gasteiger charge is -2.33. The Balaban J connectivity index is 1.24. The zero-order chi connectivity index (χ0) is 28.9. The minimum atomic E-state index is -1.19. The fraction of sp³-hybridized carbons (Fsp3) is 0.379. The molecule has 4 aromatic rings. The van der Waals surface area contributed by atoms with E-state index in [1.165, 1.54) is 18.5 Å². The molecule has 3 N–H and O–H groups in total. The summed E-state index contributed by atoms with van der Waals surface area (Å²) in [5.41, 5.74) is 9.67. The third kappa shape index (κ3) is 5.29. The number of hydrogen-bond acceptors (Lipinski definition) is 6. The van der Waals surface area contributed by atoms with Crippen LogP contribution in [0.3, 0.4) is 0 Å². The number of H-pyrrole nitrogens is 1. The molecule has 41 heavy (non-hydrogen) atoms. The molecule has 0 spiro atoms. The van der Waals surface area contributed by atoms with Crippen molar-refractivity contribution in [2.75, 3.05) is 12.3 Å². The van der Waals surface area contributed by atoms with Crippen molar-refractivity contribution in [3.8, 4) is 11.3 Å². The van der Waals surface area contributed by atoms with E-state index < -0.39 is 13.9 Å². The van der Waals surface area contributed by atoms with E-state index in [1.54, 1.807) is 18.5 Å². The van der Waals surface area contributed by atoms with Gasteiger partial charge in [0.1, 0.15) is 24.5 Å². The Labute approximate surface area is 243 Å². The van der Waals surface area contributed by atoms with Gasteiger partial charge in [-0.25, -0.2) is 19.3 Å². The number of imidazole rings is 1. The Morgan fingerprint density at radius 2 is 2.05 bits per heavy atom. The topological polar surface area (TPSA) is 115 Å². The number of amides is 1. The van der Waals surface area contributed by atoms with Crippen LogP contribution in [0.1, 0.15) is 36.7 Å². The molecule has 0 bridgehead atoms. The number of carbonyl (C=O) groups excluding carboxylic acids is 1. The minimum absolute atomic E-state index is 0.0118. The van der Waals surface area contributed by atoms with E-state index in [-0.39, 0.29) is 34.3 Å². The highest BCUT2D eigenvalue weighted by molar-refractivity contribution is 6.76. The molecule has 0 radical (unpaired) electrons. The zero-order valence-electron chi connectivity index (χ0n) is 23.3. The molecule has 2 aliphatic heterocycles. The molecule has 9 nitrogen and oxygen atoms in total. The molecule has 6 rings (SSSR count). The van der Waals surface area contributed by atoms with Gasteiger partial charge in [0.05, 0.1) is 23.0 Å². The van der Waals surface area contributed by atoms with Gasteiger partial charge in [-0.1, -0.05) is 31.2 Å². The van der Waals surface area contributed by atoms with Crippen LogP contribution in [0.5, 0.6) is 0 Å². The van der Waals surface area contributed by atoms with Crippen LogP contribution in [-0.4, -0.2) is 56.0 Å². The smallest absolute Gasteiger partial charge is 0.247 e. The quantitative estimate of drug-likeness (QED) is 0.146. The van der Waals surface area contributed by atoms with Crippen molar-refractivity contribution < 1.29 is 13.9 Å². The molecule has 1 amide bonds. The van der Waals surface area contributed by atoms with E-state index in [2.05, 4.69) is 34.6 Å². The van der Waals surface area contributed by atoms with Crippen LogP contribution >= 0.6 is 11.6 Å². The number of benzene rings is 1. The minimum Gasteiger partial charge on any atom is -0.398 e. The van der Waals surface area contributed by atoms with Crippen LogP contribution in [0, 0.1) is 5.82 Å². The summed E-state index contributed by atoms with van der Waals surface area (Å²) in [5.74, 6) is -0.0600. The predicted molar refractivity (Wildman–Crippen MR) is 160 cm³/mol. The first-order valence-electron chi connectivity index (χ1n) is 13.8. The summed E-state index contributed by atoms with van der Waals surface area (Å²) < 4.78 is 22.8. The number of aromatic nitrogens is 5. The lowest BCUT2D eigenvalue weighted by molar-refractivity contribution is -0.129. The number of fused-ring (bicyclic) bond motifs is 2. The van der Waals surface area contributed by atoms with Gasteiger partial charge in [0, 0.05) is 61.4 Å². The number of rotatable bonds is 8. The maximum absolute atomic E-state index is 14.9. The van der Waals surface area contributed by atoms with Gasteiger partial charge in [-0.05, 0) is 43.0 Å². The molecular weight excluding hydrogens is 561 g/mol. The molecule has 0 saturated carbocycles. The molecular formula is C29H33ClFN7O2Si. The Hall–Kier alpha value is -3.54. The van der Waals surface area contributed by atoms with Crippen LogP contribution in [0.4, 0.5) is 10.1 Å². The van der Waals surface area contributed by atoms with E-state index >= 15 is 0 Å². The summed E-state index contributed by atoms with van der Waals surface area (Å²) >= 11 is 6.01. The number of ether oxygens (including phenoxy) is 1. The second kappa shape index (κ2) is 10.7. The van der Waals surface area contributed by atoms with Crippen LogP contribution < -0.4 is 5.73 Å². The third-order valence-corrected chi connectivity index (χ3v) is 9.92. The summed E-state index contributed by atoms with van der Waals surface area (Å²) in [6.07, 6.45) is 10.6. The van der Waals surface area contributed by atoms with Crippen LogP contribution in [0.2, 0.25) is 30.7 Å². The van der Waals surface area contributed by atoms with Crippen molar-refractivity contribution in [2.24, 2.45) is 0 Å². The van der Waals surface area contributed by atoms with Crippen molar-refractivity contribution in [1.29, 1.82) is 0 Å². The number of anilines is 1. The van der Waals surface area contributed by atoms with Crippen molar-refractivity contribution in [3.63, 3.8) is 0 Å². The van der Waals surface area contributed by atoms with E-state index in [1.807, 2.05) is 15.7 Å². The van der Waals surface area contributed by atoms with Crippen LogP contribution in [-0.2, 0) is 16.3 Å². The van der Waals surface area contributed by atoms with Crippen LogP contribution in [0.25, 0.3) is 27.9 Å². The highest BCUT2D eigenvalue weighted by Gasteiger charge is 2.42. The highest BCUT2D eigenvalue weighted by atomic mass is 35.5. The van der Waals surface area contributed by atoms with Gasteiger partial charge >= 0.3 is 0 Å². The summed E-state index contributed by atoms with van der Waals surface area (Å²) in [5, 5.41) is 0.880. The van der Waals surface area contributed by atoms with E-state index in [0.29, 0.717) is 31.2 Å². The lowest BCUT2D eigenvalue weighted by Crippen LogP contribution is -2.39. The van der Waals surface area contributed by atoms with E-state index in [4.69, 9.17) is 27.1 Å². The number of hydrogen-bond donors (Lipinski definition) is 2. The molecule has 3 aromatic heterocycles. The van der Waals surface area contributed by atoms with Gasteiger partial charge in [-0.3, -0.25) is 4.79 Å². The molecule has 1 saturated heterocycles. The second-order valence-corrected chi connectivity index (χ2v) is 18.0. The number of aromatic amines is 1. The largest absolute Gasteiger partial charge is 0.398 e. The van der Waals surface area contributed by atoms with Crippen molar-refractivity contribution in [2.45, 2.75) is 63.8 Å². The lowest BCUT2D eigenvalue weighted by atomic mass is 9.92. The normalized spacial score (nSPS) is 19.2. The molecule has 5 heterocycles. The highest BCUT2D eigenvalue weighted by Crippen LogP contribution is 2.44. The Kier molecular flexibility index (Phi) is 7.21. The zero-order valence-corrected chi connectivity index (χ0v) is 25.1. The first kappa shape index (κ1) is 27.6. The van der Waals surface area contributed by atoms with Gasteiger partial charge in [0.15, 0.2) is 5.82 Å². The number of nitrogens with one attached hydrogen (secondary N) is 1. The number of nitrogen functional groups attached to an aromatic ring is 1. The van der Waals surface area contributed by atoms with Gasteiger partial charge in [0.25, 0.3) is 0 Å². The van der Waals surface area contributed by atoms with Crippen molar-refractivity contribution >= 4 is 47.9 Å². The van der Waals surface area contributed by atoms with Crippen LogP contribution in [0.15, 0.2) is 43.1 Å². The monoisotopic (exact) mass is 593 g/mol. The Bertz CT molecular complexity index is 1660.